The summed E-state index contributed by atoms with van der Waals surface area (Å²) in [4.78, 5) is 0. The molecule has 3 rings (SSSR count). The maximum atomic E-state index is 3.44. The Morgan fingerprint density at radius 2 is 1.12 bits per heavy atom. The van der Waals surface area contributed by atoms with Crippen molar-refractivity contribution in [2.24, 2.45) is 0 Å². The van der Waals surface area contributed by atoms with E-state index in [1.54, 1.807) is 0 Å². The fraction of sp³-hybridized carbons (Fsp3) is 0.0769. The molecular weight excluding hydrogens is 248 g/mol. The van der Waals surface area contributed by atoms with Gasteiger partial charge in [0.25, 0.3) is 0 Å². The van der Waals surface area contributed by atoms with Crippen molar-refractivity contribution in [3.63, 3.8) is 0 Å². The zero-order valence-corrected chi connectivity index (χ0v) is 7.83. The van der Waals surface area contributed by atoms with Crippen LogP contribution in [-0.2, 0) is 6.42 Å². The SMILES string of the molecule is [KH].[KH].c1ccc2c(c1)Cc1ccccc1N2. The third-order valence-electron chi connectivity index (χ3n) is 2.68. The third kappa shape index (κ3) is 3.29. The molecule has 1 aliphatic heterocycles. The largest absolute Gasteiger partial charge is 0.355 e. The molecule has 72 valence electrons. The Hall–Kier alpha value is 1.51. The van der Waals surface area contributed by atoms with Crippen LogP contribution in [0.1, 0.15) is 11.1 Å². The maximum Gasteiger partial charge on any atom is 0.0420 e. The monoisotopic (exact) mass is 261 g/mol. The molecule has 0 unspecified atom stereocenters. The van der Waals surface area contributed by atoms with Crippen LogP contribution < -0.4 is 5.32 Å². The molecule has 0 atom stereocenters. The summed E-state index contributed by atoms with van der Waals surface area (Å²) >= 11 is 0. The Kier molecular flexibility index (Phi) is 6.99. The van der Waals surface area contributed by atoms with Gasteiger partial charge in [-0.15, -0.1) is 0 Å². The minimum atomic E-state index is 0. The van der Waals surface area contributed by atoms with Gasteiger partial charge < -0.3 is 5.32 Å². The summed E-state index contributed by atoms with van der Waals surface area (Å²) in [6.07, 6.45) is 1.04. The third-order valence-corrected chi connectivity index (χ3v) is 2.68. The second-order valence-electron chi connectivity index (χ2n) is 3.62. The van der Waals surface area contributed by atoms with Gasteiger partial charge in [-0.1, -0.05) is 36.4 Å². The molecule has 0 spiro atoms. The number of rotatable bonds is 0. The van der Waals surface area contributed by atoms with Gasteiger partial charge >= 0.3 is 103 Å². The Bertz CT molecular complexity index is 395. The molecule has 1 nitrogen and oxygen atoms in total. The van der Waals surface area contributed by atoms with Crippen LogP contribution in [0.15, 0.2) is 48.5 Å². The molecule has 1 N–H and O–H groups in total. The van der Waals surface area contributed by atoms with Crippen LogP contribution in [0.5, 0.6) is 0 Å². The van der Waals surface area contributed by atoms with Crippen molar-refractivity contribution in [3.05, 3.63) is 59.7 Å². The Labute approximate surface area is 181 Å². The topological polar surface area (TPSA) is 12.0 Å². The molecule has 3 heteroatoms. The molecule has 0 saturated heterocycles. The molecule has 0 radical (unpaired) electrons. The van der Waals surface area contributed by atoms with Gasteiger partial charge in [-0.25, -0.2) is 0 Å². The van der Waals surface area contributed by atoms with Crippen LogP contribution in [0.3, 0.4) is 0 Å². The normalized spacial score (nSPS) is 11.0. The maximum absolute atomic E-state index is 3.44. The van der Waals surface area contributed by atoms with Gasteiger partial charge in [0.15, 0.2) is 0 Å². The van der Waals surface area contributed by atoms with E-state index in [-0.39, 0.29) is 103 Å². The van der Waals surface area contributed by atoms with E-state index < -0.39 is 0 Å². The molecule has 0 aromatic heterocycles. The minimum absolute atomic E-state index is 0. The van der Waals surface area contributed by atoms with Gasteiger partial charge in [0.1, 0.15) is 0 Å². The first-order chi connectivity index (χ1) is 6.93. The van der Waals surface area contributed by atoms with Crippen LogP contribution in [0, 0.1) is 0 Å². The Morgan fingerprint density at radius 1 is 0.688 bits per heavy atom. The van der Waals surface area contributed by atoms with E-state index in [0.717, 1.165) is 6.42 Å². The number of para-hydroxylation sites is 2. The van der Waals surface area contributed by atoms with E-state index in [4.69, 9.17) is 0 Å². The molecule has 0 amide bonds. The molecule has 0 aliphatic carbocycles. The van der Waals surface area contributed by atoms with Gasteiger partial charge in [0.2, 0.25) is 0 Å². The van der Waals surface area contributed by atoms with Gasteiger partial charge in [0, 0.05) is 17.8 Å². The molecule has 2 aromatic carbocycles. The summed E-state index contributed by atoms with van der Waals surface area (Å²) in [6, 6.07) is 16.9. The summed E-state index contributed by atoms with van der Waals surface area (Å²) in [5, 5.41) is 3.44. The van der Waals surface area contributed by atoms with Crippen LogP contribution in [0.25, 0.3) is 0 Å². The number of hydrogen-bond donors (Lipinski definition) is 1. The first kappa shape index (κ1) is 15.6. The zero-order valence-electron chi connectivity index (χ0n) is 7.83. The van der Waals surface area contributed by atoms with Gasteiger partial charge in [0.05, 0.1) is 0 Å². The van der Waals surface area contributed by atoms with Crippen molar-refractivity contribution in [3.8, 4) is 0 Å². The molecule has 0 saturated carbocycles. The average molecular weight is 261 g/mol. The van der Waals surface area contributed by atoms with Crippen LogP contribution in [-0.4, -0.2) is 103 Å². The molecule has 1 aliphatic rings. The average Bonchev–Trinajstić information content (AvgIpc) is 2.26. The van der Waals surface area contributed by atoms with Gasteiger partial charge in [-0.3, -0.25) is 0 Å². The number of benzene rings is 2. The fourth-order valence-corrected chi connectivity index (χ4v) is 1.94. The summed E-state index contributed by atoms with van der Waals surface area (Å²) in [6.45, 7) is 0. The van der Waals surface area contributed by atoms with E-state index in [9.17, 15) is 0 Å². The minimum Gasteiger partial charge on any atom is -0.355 e. The number of nitrogens with one attached hydrogen (secondary N) is 1. The van der Waals surface area contributed by atoms with Gasteiger partial charge in [-0.2, -0.15) is 0 Å². The number of anilines is 2. The quantitative estimate of drug-likeness (QED) is 0.611. The second kappa shape index (κ2) is 7.19. The first-order valence-corrected chi connectivity index (χ1v) is 4.86. The van der Waals surface area contributed by atoms with Gasteiger partial charge in [-0.05, 0) is 23.3 Å². The summed E-state index contributed by atoms with van der Waals surface area (Å²) in [5.41, 5.74) is 5.25. The van der Waals surface area contributed by atoms with Crippen molar-refractivity contribution >= 4 is 114 Å². The molecule has 16 heavy (non-hydrogen) atoms. The second-order valence-corrected chi connectivity index (χ2v) is 3.62. The number of fused-ring (bicyclic) bond motifs is 2. The Balaban J connectivity index is 0.000000640. The van der Waals surface area contributed by atoms with Crippen LogP contribution >= 0.6 is 0 Å². The van der Waals surface area contributed by atoms with Crippen molar-refractivity contribution in [2.75, 3.05) is 5.32 Å². The zero-order chi connectivity index (χ0) is 9.38. The van der Waals surface area contributed by atoms with Crippen molar-refractivity contribution < 1.29 is 0 Å². The summed E-state index contributed by atoms with van der Waals surface area (Å²) in [5.74, 6) is 0. The molecular formula is C13H13K2N. The van der Waals surface area contributed by atoms with Crippen molar-refractivity contribution in [1.29, 1.82) is 0 Å². The Morgan fingerprint density at radius 3 is 1.62 bits per heavy atom. The smallest absolute Gasteiger partial charge is 0.0420 e. The molecule has 0 bridgehead atoms. The fourth-order valence-electron chi connectivity index (χ4n) is 1.94. The summed E-state index contributed by atoms with van der Waals surface area (Å²) in [7, 11) is 0. The van der Waals surface area contributed by atoms with E-state index >= 15 is 0 Å². The molecule has 1 heterocycles. The molecule has 0 fully saturated rings. The first-order valence-electron chi connectivity index (χ1n) is 4.86. The van der Waals surface area contributed by atoms with Crippen LogP contribution in [0.2, 0.25) is 0 Å². The van der Waals surface area contributed by atoms with Crippen molar-refractivity contribution in [1.82, 2.24) is 0 Å². The van der Waals surface area contributed by atoms with E-state index in [0.29, 0.717) is 0 Å². The summed E-state index contributed by atoms with van der Waals surface area (Å²) < 4.78 is 0. The van der Waals surface area contributed by atoms with Crippen molar-refractivity contribution in [2.45, 2.75) is 6.42 Å². The van der Waals surface area contributed by atoms with E-state index in [1.807, 2.05) is 0 Å². The molecule has 2 aromatic rings. The standard InChI is InChI=1S/C13H11N.2K.2H/c1-3-7-12-10(5-1)9-11-6-2-4-8-13(11)14-12;;;;/h1-8,14H,9H2;;;;. The number of hydrogen-bond acceptors (Lipinski definition) is 1. The van der Waals surface area contributed by atoms with E-state index in [1.165, 1.54) is 22.5 Å². The van der Waals surface area contributed by atoms with Crippen LogP contribution in [0.4, 0.5) is 11.4 Å². The predicted molar refractivity (Wildman–Crippen MR) is 73.3 cm³/mol. The van der Waals surface area contributed by atoms with E-state index in [2.05, 4.69) is 53.8 Å². The predicted octanol–water partition coefficient (Wildman–Crippen LogP) is 2.04.